The zero-order valence-electron chi connectivity index (χ0n) is 8.28. The van der Waals surface area contributed by atoms with Crippen LogP contribution in [0, 0.1) is 11.3 Å². The van der Waals surface area contributed by atoms with Gasteiger partial charge in [-0.1, -0.05) is 39.3 Å². The predicted molar refractivity (Wildman–Crippen MR) is 50.6 cm³/mol. The summed E-state index contributed by atoms with van der Waals surface area (Å²) in [6, 6.07) is 0. The highest BCUT2D eigenvalue weighted by molar-refractivity contribution is 5.16. The maximum Gasteiger partial charge on any atom is -0.0144 e. The minimum Gasteiger partial charge on any atom is -0.0822 e. The third-order valence-corrected chi connectivity index (χ3v) is 2.65. The molecule has 1 fully saturated rings. The molecule has 0 heterocycles. The molecular formula is C11H20. The first-order valence-electron chi connectivity index (χ1n) is 4.73. The van der Waals surface area contributed by atoms with Crippen LogP contribution < -0.4 is 0 Å². The van der Waals surface area contributed by atoms with Crippen molar-refractivity contribution in [1.29, 1.82) is 0 Å². The van der Waals surface area contributed by atoms with Gasteiger partial charge in [0.2, 0.25) is 0 Å². The van der Waals surface area contributed by atoms with Crippen LogP contribution in [0.25, 0.3) is 0 Å². The Kier molecular flexibility index (Phi) is 2.41. The van der Waals surface area contributed by atoms with Crippen LogP contribution in [-0.4, -0.2) is 0 Å². The fourth-order valence-corrected chi connectivity index (χ4v) is 1.93. The van der Waals surface area contributed by atoms with Crippen LogP contribution in [0.15, 0.2) is 11.6 Å². The van der Waals surface area contributed by atoms with E-state index < -0.39 is 0 Å². The summed E-state index contributed by atoms with van der Waals surface area (Å²) in [6.45, 7) is 9.27. The summed E-state index contributed by atoms with van der Waals surface area (Å²) in [5, 5.41) is 0. The van der Waals surface area contributed by atoms with Crippen LogP contribution in [0.3, 0.4) is 0 Å². The SMILES string of the molecule is CC(C)/C=C1\CCCC1(C)C. The molecule has 0 aliphatic heterocycles. The van der Waals surface area contributed by atoms with Crippen molar-refractivity contribution in [1.82, 2.24) is 0 Å². The Hall–Kier alpha value is -0.260. The highest BCUT2D eigenvalue weighted by Gasteiger charge is 2.28. The van der Waals surface area contributed by atoms with E-state index in [1.807, 2.05) is 0 Å². The Bertz CT molecular complexity index is 161. The zero-order chi connectivity index (χ0) is 8.48. The predicted octanol–water partition coefficient (Wildman–Crippen LogP) is 3.78. The maximum absolute atomic E-state index is 2.45. The summed E-state index contributed by atoms with van der Waals surface area (Å²) in [4.78, 5) is 0. The lowest BCUT2D eigenvalue weighted by Crippen LogP contribution is -2.07. The average Bonchev–Trinajstić information content (AvgIpc) is 2.10. The van der Waals surface area contributed by atoms with Gasteiger partial charge in [0, 0.05) is 0 Å². The first-order valence-corrected chi connectivity index (χ1v) is 4.73. The number of allylic oxidation sites excluding steroid dienone is 2. The average molecular weight is 152 g/mol. The van der Waals surface area contributed by atoms with Gasteiger partial charge in [0.15, 0.2) is 0 Å². The van der Waals surface area contributed by atoms with Gasteiger partial charge in [-0.3, -0.25) is 0 Å². The largest absolute Gasteiger partial charge is 0.0822 e. The molecule has 0 N–H and O–H groups in total. The van der Waals surface area contributed by atoms with Gasteiger partial charge in [-0.15, -0.1) is 0 Å². The van der Waals surface area contributed by atoms with Crippen LogP contribution in [0.2, 0.25) is 0 Å². The molecule has 0 radical (unpaired) electrons. The molecule has 0 aromatic heterocycles. The Morgan fingerprint density at radius 3 is 2.36 bits per heavy atom. The van der Waals surface area contributed by atoms with Gasteiger partial charge in [-0.25, -0.2) is 0 Å². The number of rotatable bonds is 1. The minimum atomic E-state index is 0.504. The third-order valence-electron chi connectivity index (χ3n) is 2.65. The van der Waals surface area contributed by atoms with Crippen LogP contribution in [0.5, 0.6) is 0 Å². The van der Waals surface area contributed by atoms with Crippen molar-refractivity contribution in [3.63, 3.8) is 0 Å². The van der Waals surface area contributed by atoms with E-state index in [1.54, 1.807) is 5.57 Å². The standard InChI is InChI=1S/C11H20/c1-9(2)8-10-6-5-7-11(10,3)4/h8-9H,5-7H2,1-4H3/b10-8+. The molecule has 0 amide bonds. The summed E-state index contributed by atoms with van der Waals surface area (Å²) in [5.74, 6) is 0.724. The second-order valence-corrected chi connectivity index (χ2v) is 4.67. The molecule has 1 rings (SSSR count). The fourth-order valence-electron chi connectivity index (χ4n) is 1.93. The van der Waals surface area contributed by atoms with Crippen molar-refractivity contribution >= 4 is 0 Å². The molecule has 1 aliphatic carbocycles. The maximum atomic E-state index is 2.45. The summed E-state index contributed by atoms with van der Waals surface area (Å²) >= 11 is 0. The van der Waals surface area contributed by atoms with E-state index in [9.17, 15) is 0 Å². The summed E-state index contributed by atoms with van der Waals surface area (Å²) in [5.41, 5.74) is 2.19. The molecule has 0 unspecified atom stereocenters. The van der Waals surface area contributed by atoms with E-state index in [1.165, 1.54) is 19.3 Å². The lowest BCUT2D eigenvalue weighted by atomic mass is 9.85. The highest BCUT2D eigenvalue weighted by atomic mass is 14.3. The fraction of sp³-hybridized carbons (Fsp3) is 0.818. The molecule has 11 heavy (non-hydrogen) atoms. The summed E-state index contributed by atoms with van der Waals surface area (Å²) in [6.07, 6.45) is 6.56. The van der Waals surface area contributed by atoms with Crippen molar-refractivity contribution in [2.24, 2.45) is 11.3 Å². The van der Waals surface area contributed by atoms with Gasteiger partial charge in [-0.2, -0.15) is 0 Å². The van der Waals surface area contributed by atoms with Crippen LogP contribution in [-0.2, 0) is 0 Å². The van der Waals surface area contributed by atoms with E-state index in [0.29, 0.717) is 5.41 Å². The van der Waals surface area contributed by atoms with Crippen LogP contribution in [0.4, 0.5) is 0 Å². The van der Waals surface area contributed by atoms with E-state index in [-0.39, 0.29) is 0 Å². The lowest BCUT2D eigenvalue weighted by molar-refractivity contribution is 0.458. The molecule has 0 aromatic carbocycles. The van der Waals surface area contributed by atoms with Crippen molar-refractivity contribution < 1.29 is 0 Å². The van der Waals surface area contributed by atoms with Crippen molar-refractivity contribution in [3.05, 3.63) is 11.6 Å². The van der Waals surface area contributed by atoms with E-state index in [4.69, 9.17) is 0 Å². The van der Waals surface area contributed by atoms with Gasteiger partial charge < -0.3 is 0 Å². The molecule has 1 aliphatic rings. The molecule has 0 aromatic rings. The smallest absolute Gasteiger partial charge is 0.0144 e. The van der Waals surface area contributed by atoms with Crippen molar-refractivity contribution in [3.8, 4) is 0 Å². The Morgan fingerprint density at radius 2 is 2.00 bits per heavy atom. The molecule has 1 saturated carbocycles. The Labute approximate surface area is 70.7 Å². The molecule has 0 bridgehead atoms. The Balaban J connectivity index is 2.72. The topological polar surface area (TPSA) is 0 Å². The zero-order valence-corrected chi connectivity index (χ0v) is 8.28. The van der Waals surface area contributed by atoms with Gasteiger partial charge in [0.1, 0.15) is 0 Å². The highest BCUT2D eigenvalue weighted by Crippen LogP contribution is 2.42. The van der Waals surface area contributed by atoms with E-state index in [0.717, 1.165) is 5.92 Å². The van der Waals surface area contributed by atoms with Gasteiger partial charge in [-0.05, 0) is 30.6 Å². The molecule has 0 nitrogen and oxygen atoms in total. The van der Waals surface area contributed by atoms with Crippen molar-refractivity contribution in [2.45, 2.75) is 47.0 Å². The van der Waals surface area contributed by atoms with Gasteiger partial charge in [0.05, 0.1) is 0 Å². The quantitative estimate of drug-likeness (QED) is 0.502. The number of hydrogen-bond acceptors (Lipinski definition) is 0. The number of hydrogen-bond donors (Lipinski definition) is 0. The molecule has 0 spiro atoms. The van der Waals surface area contributed by atoms with Gasteiger partial charge >= 0.3 is 0 Å². The van der Waals surface area contributed by atoms with Crippen molar-refractivity contribution in [2.75, 3.05) is 0 Å². The molecule has 0 heteroatoms. The van der Waals surface area contributed by atoms with Crippen LogP contribution >= 0.6 is 0 Å². The minimum absolute atomic E-state index is 0.504. The lowest BCUT2D eigenvalue weighted by Gasteiger charge is -2.20. The van der Waals surface area contributed by atoms with Gasteiger partial charge in [0.25, 0.3) is 0 Å². The van der Waals surface area contributed by atoms with E-state index in [2.05, 4.69) is 33.8 Å². The Morgan fingerprint density at radius 1 is 1.36 bits per heavy atom. The van der Waals surface area contributed by atoms with Crippen LogP contribution in [0.1, 0.15) is 47.0 Å². The molecular weight excluding hydrogens is 132 g/mol. The molecule has 64 valence electrons. The first kappa shape index (κ1) is 8.83. The molecule has 0 saturated heterocycles. The summed E-state index contributed by atoms with van der Waals surface area (Å²) < 4.78 is 0. The third kappa shape index (κ3) is 2.08. The molecule has 0 atom stereocenters. The summed E-state index contributed by atoms with van der Waals surface area (Å²) in [7, 11) is 0. The normalized spacial score (nSPS) is 26.8. The monoisotopic (exact) mass is 152 g/mol. The van der Waals surface area contributed by atoms with E-state index >= 15 is 0 Å². The second-order valence-electron chi connectivity index (χ2n) is 4.67. The second kappa shape index (κ2) is 3.00. The first-order chi connectivity index (χ1) is 5.02.